The second-order valence-corrected chi connectivity index (χ2v) is 4.60. The van der Waals surface area contributed by atoms with E-state index in [1.807, 2.05) is 6.07 Å². The van der Waals surface area contributed by atoms with Crippen LogP contribution in [0.5, 0.6) is 0 Å². The van der Waals surface area contributed by atoms with E-state index < -0.39 is 0 Å². The van der Waals surface area contributed by atoms with E-state index in [2.05, 4.69) is 36.4 Å². The standard InChI is InChI=1S/C14H14O/c15-9-13-11-6-7-12(8-11)14(13)10-4-2-1-3-5-10/h1-7,9,11-14H,8H2/t11-,12+,13-,14-/m0/s1. The zero-order valence-electron chi connectivity index (χ0n) is 8.54. The molecule has 0 unspecified atom stereocenters. The van der Waals surface area contributed by atoms with Crippen LogP contribution in [0.2, 0.25) is 0 Å². The Morgan fingerprint density at radius 3 is 2.53 bits per heavy atom. The van der Waals surface area contributed by atoms with Crippen LogP contribution in [-0.4, -0.2) is 6.29 Å². The molecular formula is C14H14O. The second kappa shape index (κ2) is 3.34. The Bertz CT molecular complexity index is 393. The van der Waals surface area contributed by atoms with E-state index in [-0.39, 0.29) is 5.92 Å². The monoisotopic (exact) mass is 198 g/mol. The van der Waals surface area contributed by atoms with Crippen molar-refractivity contribution in [2.75, 3.05) is 0 Å². The van der Waals surface area contributed by atoms with Crippen LogP contribution in [0, 0.1) is 17.8 Å². The molecule has 0 aromatic heterocycles. The Morgan fingerprint density at radius 2 is 1.80 bits per heavy atom. The number of aldehydes is 1. The van der Waals surface area contributed by atoms with Gasteiger partial charge in [-0.05, 0) is 23.8 Å². The normalized spacial score (nSPS) is 37.1. The van der Waals surface area contributed by atoms with Gasteiger partial charge in [0.15, 0.2) is 0 Å². The van der Waals surface area contributed by atoms with Crippen molar-refractivity contribution in [2.45, 2.75) is 12.3 Å². The van der Waals surface area contributed by atoms with Gasteiger partial charge in [-0.2, -0.15) is 0 Å². The zero-order valence-corrected chi connectivity index (χ0v) is 8.54. The lowest BCUT2D eigenvalue weighted by molar-refractivity contribution is -0.112. The molecule has 1 aromatic carbocycles. The molecule has 1 aromatic rings. The second-order valence-electron chi connectivity index (χ2n) is 4.60. The first-order chi connectivity index (χ1) is 7.40. The molecule has 0 spiro atoms. The average molecular weight is 198 g/mol. The smallest absolute Gasteiger partial charge is 0.124 e. The summed E-state index contributed by atoms with van der Waals surface area (Å²) in [7, 11) is 0. The lowest BCUT2D eigenvalue weighted by Crippen LogP contribution is -2.18. The Hall–Kier alpha value is -1.37. The quantitative estimate of drug-likeness (QED) is 0.527. The molecule has 2 aliphatic carbocycles. The minimum absolute atomic E-state index is 0.211. The fraction of sp³-hybridized carbons (Fsp3) is 0.357. The Kier molecular flexibility index (Phi) is 1.98. The van der Waals surface area contributed by atoms with Gasteiger partial charge in [0.1, 0.15) is 6.29 Å². The maximum absolute atomic E-state index is 11.1. The molecule has 3 rings (SSSR count). The van der Waals surface area contributed by atoms with E-state index >= 15 is 0 Å². The third-order valence-electron chi connectivity index (χ3n) is 3.86. The van der Waals surface area contributed by atoms with Crippen LogP contribution in [0.1, 0.15) is 17.9 Å². The van der Waals surface area contributed by atoms with Crippen LogP contribution in [0.15, 0.2) is 42.5 Å². The van der Waals surface area contributed by atoms with Gasteiger partial charge < -0.3 is 4.79 Å². The molecule has 1 fully saturated rings. The van der Waals surface area contributed by atoms with Crippen LogP contribution in [0.4, 0.5) is 0 Å². The van der Waals surface area contributed by atoms with Gasteiger partial charge in [0.05, 0.1) is 0 Å². The number of hydrogen-bond donors (Lipinski definition) is 0. The molecule has 4 atom stereocenters. The molecule has 0 heterocycles. The summed E-state index contributed by atoms with van der Waals surface area (Å²) < 4.78 is 0. The number of carbonyl (C=O) groups excluding carboxylic acids is 1. The molecule has 1 nitrogen and oxygen atoms in total. The predicted molar refractivity (Wildman–Crippen MR) is 59.5 cm³/mol. The maximum Gasteiger partial charge on any atom is 0.124 e. The molecular weight excluding hydrogens is 184 g/mol. The molecule has 0 amide bonds. The van der Waals surface area contributed by atoms with E-state index in [9.17, 15) is 4.79 Å². The summed E-state index contributed by atoms with van der Waals surface area (Å²) in [5, 5.41) is 0. The van der Waals surface area contributed by atoms with Gasteiger partial charge in [0.2, 0.25) is 0 Å². The first-order valence-corrected chi connectivity index (χ1v) is 5.58. The van der Waals surface area contributed by atoms with Crippen molar-refractivity contribution in [2.24, 2.45) is 17.8 Å². The number of fused-ring (bicyclic) bond motifs is 2. The predicted octanol–water partition coefficient (Wildman–Crippen LogP) is 2.79. The van der Waals surface area contributed by atoms with Gasteiger partial charge >= 0.3 is 0 Å². The van der Waals surface area contributed by atoms with Crippen LogP contribution >= 0.6 is 0 Å². The Morgan fingerprint density at radius 1 is 1.07 bits per heavy atom. The molecule has 0 N–H and O–H groups in total. The summed E-state index contributed by atoms with van der Waals surface area (Å²) in [4.78, 5) is 11.1. The van der Waals surface area contributed by atoms with Gasteiger partial charge in [-0.3, -0.25) is 0 Å². The molecule has 1 saturated carbocycles. The van der Waals surface area contributed by atoms with Crippen molar-refractivity contribution in [1.29, 1.82) is 0 Å². The summed E-state index contributed by atoms with van der Waals surface area (Å²) in [5.41, 5.74) is 1.33. The fourth-order valence-corrected chi connectivity index (χ4v) is 3.19. The first kappa shape index (κ1) is 8.90. The number of hydrogen-bond acceptors (Lipinski definition) is 1. The van der Waals surface area contributed by atoms with Crippen molar-refractivity contribution in [3.8, 4) is 0 Å². The molecule has 0 radical (unpaired) electrons. The third kappa shape index (κ3) is 1.26. The molecule has 76 valence electrons. The Balaban J connectivity index is 1.99. The molecule has 2 bridgehead atoms. The van der Waals surface area contributed by atoms with Crippen LogP contribution in [0.25, 0.3) is 0 Å². The highest BCUT2D eigenvalue weighted by molar-refractivity contribution is 5.59. The number of carbonyl (C=O) groups is 1. The van der Waals surface area contributed by atoms with Crippen molar-refractivity contribution >= 4 is 6.29 Å². The number of rotatable bonds is 2. The minimum Gasteiger partial charge on any atom is -0.303 e. The summed E-state index contributed by atoms with van der Waals surface area (Å²) in [5.74, 6) is 1.73. The summed E-state index contributed by atoms with van der Waals surface area (Å²) in [6.07, 6.45) is 6.85. The molecule has 2 aliphatic rings. The van der Waals surface area contributed by atoms with E-state index in [0.717, 1.165) is 6.29 Å². The highest BCUT2D eigenvalue weighted by atomic mass is 16.1. The van der Waals surface area contributed by atoms with Gasteiger partial charge in [0.25, 0.3) is 0 Å². The largest absolute Gasteiger partial charge is 0.303 e. The van der Waals surface area contributed by atoms with Crippen LogP contribution in [-0.2, 0) is 4.79 Å². The molecule has 1 heteroatoms. The van der Waals surface area contributed by atoms with E-state index in [0.29, 0.717) is 17.8 Å². The van der Waals surface area contributed by atoms with E-state index in [4.69, 9.17) is 0 Å². The lowest BCUT2D eigenvalue weighted by Gasteiger charge is -2.24. The topological polar surface area (TPSA) is 17.1 Å². The van der Waals surface area contributed by atoms with Gasteiger partial charge in [0, 0.05) is 11.8 Å². The van der Waals surface area contributed by atoms with Gasteiger partial charge in [-0.25, -0.2) is 0 Å². The van der Waals surface area contributed by atoms with Crippen LogP contribution in [0.3, 0.4) is 0 Å². The van der Waals surface area contributed by atoms with Crippen molar-refractivity contribution in [3.63, 3.8) is 0 Å². The number of benzene rings is 1. The van der Waals surface area contributed by atoms with Crippen molar-refractivity contribution in [3.05, 3.63) is 48.0 Å². The highest BCUT2D eigenvalue weighted by Gasteiger charge is 2.44. The zero-order chi connectivity index (χ0) is 10.3. The number of allylic oxidation sites excluding steroid dienone is 2. The average Bonchev–Trinajstić information content (AvgIpc) is 2.89. The SMILES string of the molecule is O=C[C@@H]1[C@@H](c2ccccc2)[C@@H]2C=C[C@H]1C2. The highest BCUT2D eigenvalue weighted by Crippen LogP contribution is 2.51. The lowest BCUT2D eigenvalue weighted by atomic mass is 9.79. The third-order valence-corrected chi connectivity index (χ3v) is 3.86. The summed E-state index contributed by atoms with van der Waals surface area (Å²) >= 11 is 0. The fourth-order valence-electron chi connectivity index (χ4n) is 3.19. The summed E-state index contributed by atoms with van der Waals surface area (Å²) in [6, 6.07) is 10.5. The van der Waals surface area contributed by atoms with Crippen molar-refractivity contribution < 1.29 is 4.79 Å². The van der Waals surface area contributed by atoms with Crippen LogP contribution < -0.4 is 0 Å². The maximum atomic E-state index is 11.1. The van der Waals surface area contributed by atoms with Gasteiger partial charge in [-0.15, -0.1) is 0 Å². The minimum atomic E-state index is 0.211. The van der Waals surface area contributed by atoms with Crippen molar-refractivity contribution in [1.82, 2.24) is 0 Å². The molecule has 15 heavy (non-hydrogen) atoms. The molecule has 0 aliphatic heterocycles. The first-order valence-electron chi connectivity index (χ1n) is 5.58. The Labute approximate surface area is 89.8 Å². The van der Waals surface area contributed by atoms with Gasteiger partial charge in [-0.1, -0.05) is 42.5 Å². The molecule has 0 saturated heterocycles. The van der Waals surface area contributed by atoms with E-state index in [1.54, 1.807) is 0 Å². The summed E-state index contributed by atoms with van der Waals surface area (Å²) in [6.45, 7) is 0. The van der Waals surface area contributed by atoms with E-state index in [1.165, 1.54) is 12.0 Å².